The van der Waals surface area contributed by atoms with E-state index in [0.717, 1.165) is 77.0 Å². The van der Waals surface area contributed by atoms with Gasteiger partial charge in [-0.1, -0.05) is 273 Å². The molecule has 0 radical (unpaired) electrons. The Morgan fingerprint density at radius 1 is 0.296 bits per heavy atom. The molecule has 71 heavy (non-hydrogen) atoms. The van der Waals surface area contributed by atoms with Crippen LogP contribution in [0.15, 0.2) is 72.9 Å². The third-order valence-corrected chi connectivity index (χ3v) is 13.2. The van der Waals surface area contributed by atoms with Crippen LogP contribution in [0.2, 0.25) is 0 Å². The molecule has 0 amide bonds. The highest BCUT2D eigenvalue weighted by atomic mass is 16.6. The largest absolute Gasteiger partial charge is 0.462 e. The predicted octanol–water partition coefficient (Wildman–Crippen LogP) is 20.5. The van der Waals surface area contributed by atoms with Crippen molar-refractivity contribution < 1.29 is 28.6 Å². The summed E-state index contributed by atoms with van der Waals surface area (Å²) in [5.41, 5.74) is 0. The Kier molecular flexibility index (Phi) is 56.8. The molecule has 0 heterocycles. The monoisotopic (exact) mass is 991 g/mol. The molecule has 0 aromatic rings. The summed E-state index contributed by atoms with van der Waals surface area (Å²) in [4.78, 5) is 38.2. The van der Waals surface area contributed by atoms with Crippen LogP contribution in [0, 0.1) is 0 Å². The van der Waals surface area contributed by atoms with Gasteiger partial charge in [0, 0.05) is 19.3 Å². The van der Waals surface area contributed by atoms with Gasteiger partial charge < -0.3 is 14.2 Å². The van der Waals surface area contributed by atoms with Crippen LogP contribution < -0.4 is 0 Å². The zero-order valence-electron chi connectivity index (χ0n) is 47.0. The highest BCUT2D eigenvalue weighted by Crippen LogP contribution is 2.16. The first-order chi connectivity index (χ1) is 35.0. The van der Waals surface area contributed by atoms with Crippen molar-refractivity contribution in [1.29, 1.82) is 0 Å². The summed E-state index contributed by atoms with van der Waals surface area (Å²) in [6, 6.07) is 0. The third-order valence-electron chi connectivity index (χ3n) is 13.2. The van der Waals surface area contributed by atoms with Crippen molar-refractivity contribution >= 4 is 17.9 Å². The molecule has 0 rings (SSSR count). The van der Waals surface area contributed by atoms with E-state index >= 15 is 0 Å². The number of allylic oxidation sites excluding steroid dienone is 12. The van der Waals surface area contributed by atoms with Gasteiger partial charge in [0.25, 0.3) is 0 Å². The van der Waals surface area contributed by atoms with Crippen LogP contribution >= 0.6 is 0 Å². The van der Waals surface area contributed by atoms with Crippen molar-refractivity contribution in [2.45, 2.75) is 309 Å². The van der Waals surface area contributed by atoms with Crippen LogP contribution in [0.1, 0.15) is 303 Å². The van der Waals surface area contributed by atoms with Gasteiger partial charge in [-0.3, -0.25) is 14.4 Å². The lowest BCUT2D eigenvalue weighted by molar-refractivity contribution is -0.167. The van der Waals surface area contributed by atoms with Crippen LogP contribution in [0.4, 0.5) is 0 Å². The zero-order valence-corrected chi connectivity index (χ0v) is 47.0. The summed E-state index contributed by atoms with van der Waals surface area (Å²) in [6.45, 7) is 6.51. The highest BCUT2D eigenvalue weighted by Gasteiger charge is 2.19. The molecular weight excluding hydrogens is 877 g/mol. The van der Waals surface area contributed by atoms with Crippen molar-refractivity contribution in [3.05, 3.63) is 72.9 Å². The van der Waals surface area contributed by atoms with Crippen molar-refractivity contribution in [1.82, 2.24) is 0 Å². The fourth-order valence-corrected chi connectivity index (χ4v) is 8.65. The van der Waals surface area contributed by atoms with Gasteiger partial charge in [-0.05, 0) is 83.5 Å². The molecule has 0 saturated heterocycles. The van der Waals surface area contributed by atoms with E-state index in [9.17, 15) is 14.4 Å². The number of unbranched alkanes of at least 4 members (excludes halogenated alkanes) is 32. The van der Waals surface area contributed by atoms with E-state index < -0.39 is 6.10 Å². The second-order valence-electron chi connectivity index (χ2n) is 20.2. The summed E-state index contributed by atoms with van der Waals surface area (Å²) in [7, 11) is 0. The Hall–Kier alpha value is -3.15. The predicted molar refractivity (Wildman–Crippen MR) is 307 cm³/mol. The average Bonchev–Trinajstić information content (AvgIpc) is 3.37. The molecule has 0 N–H and O–H groups in total. The molecule has 0 saturated carbocycles. The maximum atomic E-state index is 12.9. The molecule has 0 aromatic carbocycles. The Labute approximate surface area is 440 Å². The second-order valence-corrected chi connectivity index (χ2v) is 20.2. The van der Waals surface area contributed by atoms with E-state index in [1.54, 1.807) is 0 Å². The number of ether oxygens (including phenoxy) is 3. The van der Waals surface area contributed by atoms with E-state index in [1.807, 2.05) is 0 Å². The molecule has 0 fully saturated rings. The molecule has 0 aliphatic carbocycles. The smallest absolute Gasteiger partial charge is 0.306 e. The minimum atomic E-state index is -0.805. The first-order valence-electron chi connectivity index (χ1n) is 30.4. The third kappa shape index (κ3) is 57.6. The molecule has 6 heteroatoms. The summed E-state index contributed by atoms with van der Waals surface area (Å²) >= 11 is 0. The van der Waals surface area contributed by atoms with Crippen LogP contribution in [0.5, 0.6) is 0 Å². The number of hydrogen-bond donors (Lipinski definition) is 0. The van der Waals surface area contributed by atoms with Crippen molar-refractivity contribution in [2.75, 3.05) is 13.2 Å². The van der Waals surface area contributed by atoms with Gasteiger partial charge in [-0.2, -0.15) is 0 Å². The Bertz CT molecular complexity index is 1320. The van der Waals surface area contributed by atoms with Crippen LogP contribution in [0.3, 0.4) is 0 Å². The van der Waals surface area contributed by atoms with E-state index in [0.29, 0.717) is 19.3 Å². The maximum absolute atomic E-state index is 12.9. The molecule has 0 aliphatic heterocycles. The van der Waals surface area contributed by atoms with Crippen molar-refractivity contribution in [3.63, 3.8) is 0 Å². The van der Waals surface area contributed by atoms with Crippen LogP contribution in [0.25, 0.3) is 0 Å². The van der Waals surface area contributed by atoms with Crippen LogP contribution in [-0.2, 0) is 28.6 Å². The number of rotatable bonds is 55. The molecule has 6 nitrogen and oxygen atoms in total. The fraction of sp³-hybridized carbons (Fsp3) is 0.769. The molecule has 1 unspecified atom stereocenters. The second kappa shape index (κ2) is 59.4. The zero-order chi connectivity index (χ0) is 51.4. The Balaban J connectivity index is 4.43. The normalized spacial score (nSPS) is 12.5. The number of hydrogen-bond acceptors (Lipinski definition) is 6. The molecular formula is C65H114O6. The molecule has 1 atom stereocenters. The summed E-state index contributed by atoms with van der Waals surface area (Å²) < 4.78 is 16.9. The SMILES string of the molecule is CC/C=C\C/C=C\C/C=C\C/C=C\C/C=C\CCCC(=O)OC(COC(=O)CCCCCCCCCCC/C=C\CCCCCCCC)COC(=O)CCCCCCCCCCCCCCCCCCC. The maximum Gasteiger partial charge on any atom is 0.306 e. The number of carbonyl (C=O) groups is 3. The lowest BCUT2D eigenvalue weighted by Crippen LogP contribution is -2.30. The quantitative estimate of drug-likeness (QED) is 0.0261. The van der Waals surface area contributed by atoms with E-state index in [4.69, 9.17) is 14.2 Å². The van der Waals surface area contributed by atoms with E-state index in [2.05, 4.69) is 93.7 Å². The van der Waals surface area contributed by atoms with Crippen molar-refractivity contribution in [2.24, 2.45) is 0 Å². The molecule has 0 aromatic heterocycles. The van der Waals surface area contributed by atoms with E-state index in [-0.39, 0.29) is 37.5 Å². The van der Waals surface area contributed by atoms with Gasteiger partial charge in [0.15, 0.2) is 6.10 Å². The Morgan fingerprint density at radius 3 is 0.915 bits per heavy atom. The van der Waals surface area contributed by atoms with Gasteiger partial charge in [0.1, 0.15) is 13.2 Å². The first-order valence-corrected chi connectivity index (χ1v) is 30.4. The van der Waals surface area contributed by atoms with E-state index in [1.165, 1.54) is 180 Å². The standard InChI is InChI=1S/C65H114O6/c1-4-7-10-13-16-19-22-25-28-31-32-35-37-40-43-46-49-52-55-58-64(67)70-61-62(71-65(68)59-56-53-50-47-44-41-38-34-30-27-24-21-18-15-12-9-6-3)60-69-63(66)57-54-51-48-45-42-39-36-33-29-26-23-20-17-14-11-8-5-2/h9,12,18,21,25,27-28,30,38,41,47,50,62H,4-8,10-11,13-17,19-20,22-24,26,29,31-37,39-40,42-46,48-49,51-61H2,1-3H3/b12-9-,21-18-,28-25-,30-27-,41-38-,50-47-. The van der Waals surface area contributed by atoms with Gasteiger partial charge in [0.2, 0.25) is 0 Å². The minimum absolute atomic E-state index is 0.0957. The van der Waals surface area contributed by atoms with Gasteiger partial charge in [0.05, 0.1) is 0 Å². The highest BCUT2D eigenvalue weighted by molar-refractivity contribution is 5.71. The van der Waals surface area contributed by atoms with Gasteiger partial charge in [-0.15, -0.1) is 0 Å². The molecule has 0 bridgehead atoms. The summed E-state index contributed by atoms with van der Waals surface area (Å²) in [5, 5.41) is 0. The molecule has 0 aliphatic rings. The lowest BCUT2D eigenvalue weighted by Gasteiger charge is -2.18. The Morgan fingerprint density at radius 2 is 0.563 bits per heavy atom. The molecule has 0 spiro atoms. The van der Waals surface area contributed by atoms with Gasteiger partial charge in [-0.25, -0.2) is 0 Å². The number of esters is 3. The van der Waals surface area contributed by atoms with Gasteiger partial charge >= 0.3 is 17.9 Å². The first kappa shape index (κ1) is 67.8. The topological polar surface area (TPSA) is 78.9 Å². The number of carbonyl (C=O) groups excluding carboxylic acids is 3. The summed E-state index contributed by atoms with van der Waals surface area (Å²) in [5.74, 6) is -0.943. The fourth-order valence-electron chi connectivity index (χ4n) is 8.65. The molecule has 410 valence electrons. The van der Waals surface area contributed by atoms with Crippen LogP contribution in [-0.4, -0.2) is 37.2 Å². The lowest BCUT2D eigenvalue weighted by atomic mass is 10.0. The average molecular weight is 992 g/mol. The minimum Gasteiger partial charge on any atom is -0.462 e. The van der Waals surface area contributed by atoms with Crippen molar-refractivity contribution in [3.8, 4) is 0 Å². The summed E-state index contributed by atoms with van der Waals surface area (Å²) in [6.07, 6.45) is 76.2.